The lowest BCUT2D eigenvalue weighted by molar-refractivity contribution is -0.174. The van der Waals surface area contributed by atoms with Crippen LogP contribution in [0.2, 0.25) is 0 Å². The fourth-order valence-electron chi connectivity index (χ4n) is 1.22. The molecular weight excluding hydrogens is 283 g/mol. The van der Waals surface area contributed by atoms with Gasteiger partial charge >= 0.3 is 12.1 Å². The molecule has 9 heteroatoms. The van der Waals surface area contributed by atoms with E-state index in [0.717, 1.165) is 18.2 Å². The maximum absolute atomic E-state index is 11.8. The van der Waals surface area contributed by atoms with Gasteiger partial charge in [-0.3, -0.25) is 4.79 Å². The third-order valence-corrected chi connectivity index (χ3v) is 2.02. The number of alkyl halides is 3. The number of benzene rings is 1. The van der Waals surface area contributed by atoms with Crippen LogP contribution in [0.3, 0.4) is 0 Å². The first-order valence-corrected chi connectivity index (χ1v) is 5.19. The summed E-state index contributed by atoms with van der Waals surface area (Å²) < 4.78 is 39.4. The van der Waals surface area contributed by atoms with Crippen molar-refractivity contribution in [2.75, 3.05) is 18.5 Å². The Labute approximate surface area is 110 Å². The van der Waals surface area contributed by atoms with Crippen LogP contribution in [0.5, 0.6) is 5.75 Å². The summed E-state index contributed by atoms with van der Waals surface area (Å²) in [4.78, 5) is 21.8. The van der Waals surface area contributed by atoms with E-state index in [0.29, 0.717) is 0 Å². The summed E-state index contributed by atoms with van der Waals surface area (Å²) in [6, 6.07) is 3.13. The molecule has 0 radical (unpaired) electrons. The largest absolute Gasteiger partial charge is 0.506 e. The van der Waals surface area contributed by atoms with E-state index in [1.807, 2.05) is 0 Å². The van der Waals surface area contributed by atoms with Crippen molar-refractivity contribution >= 4 is 17.6 Å². The average Bonchev–Trinajstić information content (AvgIpc) is 2.29. The maximum atomic E-state index is 11.8. The first kappa shape index (κ1) is 15.8. The number of halogens is 3. The number of phenols is 1. The summed E-state index contributed by atoms with van der Waals surface area (Å²) in [7, 11) is 0. The number of carboxylic acids is 1. The van der Waals surface area contributed by atoms with Gasteiger partial charge in [-0.1, -0.05) is 0 Å². The Morgan fingerprint density at radius 3 is 2.45 bits per heavy atom. The van der Waals surface area contributed by atoms with Crippen LogP contribution in [-0.2, 0) is 9.53 Å². The van der Waals surface area contributed by atoms with Gasteiger partial charge < -0.3 is 20.3 Å². The van der Waals surface area contributed by atoms with Crippen LogP contribution in [-0.4, -0.2) is 41.5 Å². The minimum Gasteiger partial charge on any atom is -0.506 e. The van der Waals surface area contributed by atoms with Crippen molar-refractivity contribution < 1.29 is 37.7 Å². The second-order valence-corrected chi connectivity index (χ2v) is 3.69. The Hall–Kier alpha value is -2.29. The predicted molar refractivity (Wildman–Crippen MR) is 60.6 cm³/mol. The Kier molecular flexibility index (Phi) is 4.92. The highest BCUT2D eigenvalue weighted by Crippen LogP contribution is 2.24. The summed E-state index contributed by atoms with van der Waals surface area (Å²) in [5.74, 6) is -2.70. The van der Waals surface area contributed by atoms with E-state index in [1.54, 1.807) is 0 Å². The fourth-order valence-corrected chi connectivity index (χ4v) is 1.22. The lowest BCUT2D eigenvalue weighted by Gasteiger charge is -2.09. The van der Waals surface area contributed by atoms with Gasteiger partial charge in [0.05, 0.1) is 11.3 Å². The minimum absolute atomic E-state index is 0.129. The number of hydrogen-bond acceptors (Lipinski definition) is 4. The molecule has 3 N–H and O–H groups in total. The number of ether oxygens (including phenoxy) is 1. The average molecular weight is 293 g/mol. The van der Waals surface area contributed by atoms with Crippen LogP contribution < -0.4 is 5.32 Å². The van der Waals surface area contributed by atoms with Gasteiger partial charge in [-0.2, -0.15) is 13.2 Å². The number of anilines is 1. The van der Waals surface area contributed by atoms with E-state index in [9.17, 15) is 27.9 Å². The summed E-state index contributed by atoms with van der Waals surface area (Å²) in [6.45, 7) is -2.41. The quantitative estimate of drug-likeness (QED) is 0.717. The van der Waals surface area contributed by atoms with Gasteiger partial charge in [-0.15, -0.1) is 0 Å². The highest BCUT2D eigenvalue weighted by Gasteiger charge is 2.27. The molecule has 0 unspecified atom stereocenters. The number of carbonyl (C=O) groups is 2. The molecule has 1 rings (SSSR count). The van der Waals surface area contributed by atoms with Gasteiger partial charge in [0.1, 0.15) is 19.0 Å². The van der Waals surface area contributed by atoms with Crippen LogP contribution in [0.15, 0.2) is 18.2 Å². The Morgan fingerprint density at radius 1 is 1.30 bits per heavy atom. The first-order chi connectivity index (χ1) is 9.19. The number of aromatic carboxylic acids is 1. The monoisotopic (exact) mass is 293 g/mol. The van der Waals surface area contributed by atoms with Gasteiger partial charge in [-0.25, -0.2) is 4.79 Å². The standard InChI is InChI=1S/C11H10F3NO5/c12-11(13,14)5-20-4-9(17)15-7-2-1-6(10(18)19)3-8(7)16/h1-3,16H,4-5H2,(H,15,17)(H,18,19). The second kappa shape index (κ2) is 6.24. The van der Waals surface area contributed by atoms with Crippen molar-refractivity contribution in [3.05, 3.63) is 23.8 Å². The van der Waals surface area contributed by atoms with Crippen LogP contribution in [0.4, 0.5) is 18.9 Å². The van der Waals surface area contributed by atoms with Gasteiger partial charge in [0.25, 0.3) is 0 Å². The molecule has 0 fully saturated rings. The van der Waals surface area contributed by atoms with Gasteiger partial charge in [0.2, 0.25) is 5.91 Å². The SMILES string of the molecule is O=C(COCC(F)(F)F)Nc1ccc(C(=O)O)cc1O. The number of nitrogens with one attached hydrogen (secondary N) is 1. The number of carbonyl (C=O) groups excluding carboxylic acids is 1. The van der Waals surface area contributed by atoms with E-state index in [4.69, 9.17) is 5.11 Å². The summed E-state index contributed by atoms with van der Waals surface area (Å²) in [5, 5.41) is 20.2. The maximum Gasteiger partial charge on any atom is 0.411 e. The van der Waals surface area contributed by atoms with Crippen LogP contribution in [0, 0.1) is 0 Å². The molecule has 0 aliphatic rings. The zero-order chi connectivity index (χ0) is 15.3. The van der Waals surface area contributed by atoms with Crippen LogP contribution in [0.1, 0.15) is 10.4 Å². The van der Waals surface area contributed by atoms with Crippen molar-refractivity contribution in [1.29, 1.82) is 0 Å². The van der Waals surface area contributed by atoms with Crippen LogP contribution in [0.25, 0.3) is 0 Å². The number of carboxylic acid groups (broad SMARTS) is 1. The Morgan fingerprint density at radius 2 is 1.95 bits per heavy atom. The summed E-state index contributed by atoms with van der Waals surface area (Å²) >= 11 is 0. The molecule has 0 atom stereocenters. The first-order valence-electron chi connectivity index (χ1n) is 5.19. The zero-order valence-corrected chi connectivity index (χ0v) is 9.90. The molecule has 0 saturated heterocycles. The summed E-state index contributed by atoms with van der Waals surface area (Å²) in [5.41, 5.74) is -0.329. The molecule has 0 aliphatic carbocycles. The van der Waals surface area contributed by atoms with Gasteiger partial charge in [-0.05, 0) is 18.2 Å². The summed E-state index contributed by atoms with van der Waals surface area (Å²) in [6.07, 6.45) is -4.54. The molecule has 0 heterocycles. The molecule has 110 valence electrons. The molecule has 20 heavy (non-hydrogen) atoms. The smallest absolute Gasteiger partial charge is 0.411 e. The third kappa shape index (κ3) is 5.14. The highest BCUT2D eigenvalue weighted by atomic mass is 19.4. The van der Waals surface area contributed by atoms with Crippen LogP contribution >= 0.6 is 0 Å². The number of amides is 1. The fraction of sp³-hybridized carbons (Fsp3) is 0.273. The number of hydrogen-bond donors (Lipinski definition) is 3. The van der Waals surface area contributed by atoms with E-state index in [-0.39, 0.29) is 11.3 Å². The zero-order valence-electron chi connectivity index (χ0n) is 9.90. The Bertz CT molecular complexity index is 515. The lowest BCUT2D eigenvalue weighted by atomic mass is 10.2. The highest BCUT2D eigenvalue weighted by molar-refractivity contribution is 5.95. The normalized spacial score (nSPS) is 11.2. The van der Waals surface area contributed by atoms with Crippen molar-refractivity contribution in [2.45, 2.75) is 6.18 Å². The van der Waals surface area contributed by atoms with Crippen molar-refractivity contribution in [3.8, 4) is 5.75 Å². The number of aromatic hydroxyl groups is 1. The van der Waals surface area contributed by atoms with Gasteiger partial charge in [0.15, 0.2) is 0 Å². The molecule has 0 aromatic heterocycles. The molecular formula is C11H10F3NO5. The van der Waals surface area contributed by atoms with E-state index < -0.39 is 37.0 Å². The van der Waals surface area contributed by atoms with Crippen molar-refractivity contribution in [2.24, 2.45) is 0 Å². The molecule has 0 spiro atoms. The topological polar surface area (TPSA) is 95.9 Å². The molecule has 1 aromatic carbocycles. The second-order valence-electron chi connectivity index (χ2n) is 3.69. The number of phenolic OH excluding ortho intramolecular Hbond substituents is 1. The van der Waals surface area contributed by atoms with E-state index in [2.05, 4.69) is 10.1 Å². The van der Waals surface area contributed by atoms with Crippen molar-refractivity contribution in [3.63, 3.8) is 0 Å². The minimum atomic E-state index is -4.54. The van der Waals surface area contributed by atoms with E-state index in [1.165, 1.54) is 0 Å². The Balaban J connectivity index is 2.56. The molecule has 0 bridgehead atoms. The molecule has 1 amide bonds. The predicted octanol–water partition coefficient (Wildman–Crippen LogP) is 1.61. The van der Waals surface area contributed by atoms with Crippen molar-refractivity contribution in [1.82, 2.24) is 0 Å². The van der Waals surface area contributed by atoms with Gasteiger partial charge in [0, 0.05) is 0 Å². The lowest BCUT2D eigenvalue weighted by Crippen LogP contribution is -2.24. The van der Waals surface area contributed by atoms with E-state index >= 15 is 0 Å². The molecule has 1 aromatic rings. The molecule has 0 aliphatic heterocycles. The third-order valence-electron chi connectivity index (χ3n) is 2.02. The molecule has 0 saturated carbocycles. The molecule has 6 nitrogen and oxygen atoms in total. The number of rotatable bonds is 5.